The van der Waals surface area contributed by atoms with Crippen LogP contribution in [-0.2, 0) is 33.4 Å². The Morgan fingerprint density at radius 2 is 1.92 bits per heavy atom. The molecule has 1 spiro atoms. The third kappa shape index (κ3) is 7.80. The van der Waals surface area contributed by atoms with Crippen LogP contribution in [0.5, 0.6) is 0 Å². The molecule has 4 aliphatic rings. The first-order chi connectivity index (χ1) is 23.7. The number of rotatable bonds is 17. The van der Waals surface area contributed by atoms with Gasteiger partial charge in [-0.3, -0.25) is 24.1 Å². The van der Waals surface area contributed by atoms with Crippen molar-refractivity contribution in [3.05, 3.63) is 61.2 Å². The van der Waals surface area contributed by atoms with Crippen LogP contribution < -0.4 is 5.32 Å². The normalized spacial score (nSPS) is 28.8. The Bertz CT molecular complexity index is 1360. The average molecular weight is 746 g/mol. The number of fused-ring (bicyclic) bond motifs is 1. The van der Waals surface area contributed by atoms with Gasteiger partial charge in [0.2, 0.25) is 17.7 Å². The van der Waals surface area contributed by atoms with E-state index in [0.717, 1.165) is 13.1 Å². The molecule has 4 saturated heterocycles. The van der Waals surface area contributed by atoms with Crippen LogP contribution in [0.4, 0.5) is 0 Å². The highest BCUT2D eigenvalue weighted by Crippen LogP contribution is 2.60. The number of carbonyl (C=O) groups excluding carboxylic acids is 4. The molecule has 5 rings (SSSR count). The lowest BCUT2D eigenvalue weighted by Crippen LogP contribution is -2.57. The Kier molecular flexibility index (Phi) is 12.7. The minimum atomic E-state index is -1.27. The zero-order valence-electron chi connectivity index (χ0n) is 28.2. The molecular formula is C36H49BrN4O8. The fourth-order valence-electron chi connectivity index (χ4n) is 7.81. The maximum atomic E-state index is 14.6. The third-order valence-electron chi connectivity index (χ3n) is 10.1. The number of alkyl halides is 1. The first-order valence-electron chi connectivity index (χ1n) is 17.3. The number of benzene rings is 1. The quantitative estimate of drug-likeness (QED) is 0.140. The lowest BCUT2D eigenvalue weighted by molar-refractivity contribution is -0.162. The second-order valence-corrected chi connectivity index (χ2v) is 14.4. The van der Waals surface area contributed by atoms with Gasteiger partial charge >= 0.3 is 5.97 Å². The summed E-state index contributed by atoms with van der Waals surface area (Å²) in [6.07, 6.45) is 3.18. The highest BCUT2D eigenvalue weighted by atomic mass is 79.9. The van der Waals surface area contributed by atoms with Gasteiger partial charge < -0.3 is 34.4 Å². The number of nitrogens with zero attached hydrogens (tertiary/aromatic N) is 3. The Hall–Kier alpha value is -3.10. The zero-order valence-corrected chi connectivity index (χ0v) is 29.8. The second-order valence-electron chi connectivity index (χ2n) is 13.3. The van der Waals surface area contributed by atoms with Crippen molar-refractivity contribution in [3.8, 4) is 0 Å². The van der Waals surface area contributed by atoms with Crippen LogP contribution in [0.2, 0.25) is 0 Å². The van der Waals surface area contributed by atoms with Crippen molar-refractivity contribution in [1.29, 1.82) is 0 Å². The summed E-state index contributed by atoms with van der Waals surface area (Å²) in [6, 6.07) is 7.60. The summed E-state index contributed by atoms with van der Waals surface area (Å²) in [7, 11) is 0. The van der Waals surface area contributed by atoms with Gasteiger partial charge in [0.05, 0.1) is 37.2 Å². The lowest BCUT2D eigenvalue weighted by Gasteiger charge is -2.38. The van der Waals surface area contributed by atoms with Gasteiger partial charge in [-0.2, -0.15) is 0 Å². The summed E-state index contributed by atoms with van der Waals surface area (Å²) in [5.41, 5.74) is -0.575. The molecule has 3 amide bonds. The smallest absolute Gasteiger partial charge is 0.313 e. The molecule has 13 heteroatoms. The third-order valence-corrected chi connectivity index (χ3v) is 10.9. The van der Waals surface area contributed by atoms with Gasteiger partial charge in [0.25, 0.3) is 0 Å². The van der Waals surface area contributed by atoms with Crippen LogP contribution in [0.25, 0.3) is 0 Å². The van der Waals surface area contributed by atoms with Crippen molar-refractivity contribution in [2.75, 3.05) is 59.1 Å². The van der Waals surface area contributed by atoms with Crippen molar-refractivity contribution in [2.45, 2.75) is 67.3 Å². The maximum Gasteiger partial charge on any atom is 0.313 e. The molecule has 8 atom stereocenters. The summed E-state index contributed by atoms with van der Waals surface area (Å²) in [5, 5.41) is 12.7. The van der Waals surface area contributed by atoms with Gasteiger partial charge in [-0.15, -0.1) is 13.2 Å². The molecule has 12 nitrogen and oxygen atoms in total. The highest BCUT2D eigenvalue weighted by Gasteiger charge is 2.77. The van der Waals surface area contributed by atoms with Crippen LogP contribution >= 0.6 is 15.9 Å². The van der Waals surface area contributed by atoms with Gasteiger partial charge in [0, 0.05) is 57.1 Å². The maximum absolute atomic E-state index is 14.6. The molecular weight excluding hydrogens is 696 g/mol. The molecule has 4 fully saturated rings. The number of allylic oxidation sites excluding steroid dienone is 1. The van der Waals surface area contributed by atoms with Crippen molar-refractivity contribution < 1.29 is 38.5 Å². The molecule has 4 aliphatic heterocycles. The van der Waals surface area contributed by atoms with Crippen molar-refractivity contribution in [1.82, 2.24) is 20.0 Å². The van der Waals surface area contributed by atoms with Gasteiger partial charge in [0.15, 0.2) is 0 Å². The van der Waals surface area contributed by atoms with Gasteiger partial charge in [-0.25, -0.2) is 0 Å². The molecule has 2 N–H and O–H groups in total. The molecule has 1 aromatic carbocycles. The molecule has 4 heterocycles. The molecule has 1 aromatic rings. The summed E-state index contributed by atoms with van der Waals surface area (Å²) < 4.78 is 18.4. The molecule has 49 heavy (non-hydrogen) atoms. The Morgan fingerprint density at radius 3 is 2.59 bits per heavy atom. The number of hydrogen-bond acceptors (Lipinski definition) is 9. The number of amides is 3. The predicted octanol–water partition coefficient (Wildman–Crippen LogP) is 2.22. The fraction of sp³-hybridized carbons (Fsp3) is 0.611. The van der Waals surface area contributed by atoms with E-state index < -0.39 is 47.7 Å². The summed E-state index contributed by atoms with van der Waals surface area (Å²) >= 11 is 3.72. The number of hydrogen-bond donors (Lipinski definition) is 2. The number of ether oxygens (including phenoxy) is 3. The SMILES string of the molecule is C=CCCC(=O)N[C@@H](C)[C@H](OC(=O)[C@@H]1[C@H]2O[C@@]3(CC2Br)[C@H](C(=O)N(CC=C)CCN2CCOCC2)N(CCCO)C(=O)[C@@H]13)c1ccccc1. The second kappa shape index (κ2) is 16.7. The van der Waals surface area contributed by atoms with E-state index in [2.05, 4.69) is 39.3 Å². The number of morpholine rings is 1. The molecule has 1 unspecified atom stereocenters. The van der Waals surface area contributed by atoms with Crippen LogP contribution in [0.1, 0.15) is 44.3 Å². The molecule has 268 valence electrons. The first kappa shape index (κ1) is 37.2. The Morgan fingerprint density at radius 1 is 1.18 bits per heavy atom. The minimum Gasteiger partial charge on any atom is -0.455 e. The van der Waals surface area contributed by atoms with Gasteiger partial charge in [0.1, 0.15) is 17.7 Å². The first-order valence-corrected chi connectivity index (χ1v) is 18.2. The number of esters is 1. The number of aliphatic hydroxyl groups excluding tert-OH is 1. The molecule has 2 bridgehead atoms. The van der Waals surface area contributed by atoms with E-state index in [1.165, 1.54) is 4.90 Å². The van der Waals surface area contributed by atoms with E-state index in [1.54, 1.807) is 24.0 Å². The number of nitrogens with one attached hydrogen (secondary N) is 1. The van der Waals surface area contributed by atoms with Crippen LogP contribution in [-0.4, -0.2) is 131 Å². The number of carbonyl (C=O) groups is 4. The molecule has 0 aromatic heterocycles. The largest absolute Gasteiger partial charge is 0.455 e. The molecule has 0 aliphatic carbocycles. The van der Waals surface area contributed by atoms with Crippen LogP contribution in [0.15, 0.2) is 55.6 Å². The fourth-order valence-corrected chi connectivity index (χ4v) is 8.75. The number of likely N-dealkylation sites (tertiary alicyclic amines) is 1. The summed E-state index contributed by atoms with van der Waals surface area (Å²) in [6.45, 7) is 13.5. The van der Waals surface area contributed by atoms with Crippen LogP contribution in [0.3, 0.4) is 0 Å². The Balaban J connectivity index is 1.43. The van der Waals surface area contributed by atoms with Crippen molar-refractivity contribution in [2.24, 2.45) is 11.8 Å². The van der Waals surface area contributed by atoms with E-state index in [-0.39, 0.29) is 55.1 Å². The topological polar surface area (TPSA) is 138 Å². The van der Waals surface area contributed by atoms with Gasteiger partial charge in [-0.1, -0.05) is 58.4 Å². The monoisotopic (exact) mass is 744 g/mol. The van der Waals surface area contributed by atoms with Crippen LogP contribution in [0, 0.1) is 11.8 Å². The highest BCUT2D eigenvalue weighted by molar-refractivity contribution is 9.09. The summed E-state index contributed by atoms with van der Waals surface area (Å²) in [4.78, 5) is 61.1. The molecule has 0 radical (unpaired) electrons. The standard InChI is InChI=1S/C36H49BrN4O8/c1-4-6-13-27(43)38-24(3)30(25-11-8-7-9-12-25)48-35(46)28-29-33(44)41(15-10-20-42)32(36(29)23-26(37)31(28)49-36)34(45)40(14-5-2)17-16-39-18-21-47-22-19-39/h4-5,7-9,11-12,24,26,28-32,42H,1-2,6,10,13-23H2,3H3,(H,38,43)/t24-,26?,28-,29+,30-,31-,32-,36+/m0/s1. The van der Waals surface area contributed by atoms with Gasteiger partial charge in [-0.05, 0) is 31.7 Å². The van der Waals surface area contributed by atoms with E-state index in [1.807, 2.05) is 30.3 Å². The van der Waals surface area contributed by atoms with Crippen molar-refractivity contribution in [3.63, 3.8) is 0 Å². The number of halogens is 1. The van der Waals surface area contributed by atoms with E-state index >= 15 is 0 Å². The minimum absolute atomic E-state index is 0.137. The van der Waals surface area contributed by atoms with E-state index in [0.29, 0.717) is 44.7 Å². The van der Waals surface area contributed by atoms with E-state index in [9.17, 15) is 24.3 Å². The van der Waals surface area contributed by atoms with E-state index in [4.69, 9.17) is 14.2 Å². The molecule has 0 saturated carbocycles. The average Bonchev–Trinajstić information content (AvgIpc) is 3.70. The lowest BCUT2D eigenvalue weighted by atomic mass is 9.70. The zero-order chi connectivity index (χ0) is 35.1. The number of aliphatic hydroxyl groups is 1. The predicted molar refractivity (Wildman–Crippen MR) is 185 cm³/mol. The van der Waals surface area contributed by atoms with Crippen molar-refractivity contribution >= 4 is 39.6 Å². The summed E-state index contributed by atoms with van der Waals surface area (Å²) in [5.74, 6) is -3.39. The Labute approximate surface area is 296 Å².